The summed E-state index contributed by atoms with van der Waals surface area (Å²) in [5.74, 6) is 1.13. The highest BCUT2D eigenvalue weighted by molar-refractivity contribution is 7.12. The van der Waals surface area contributed by atoms with Crippen LogP contribution in [0.3, 0.4) is 0 Å². The molecule has 0 aromatic carbocycles. The Morgan fingerprint density at radius 1 is 1.33 bits per heavy atom. The van der Waals surface area contributed by atoms with Crippen molar-refractivity contribution in [2.75, 3.05) is 19.6 Å². The van der Waals surface area contributed by atoms with Crippen LogP contribution < -0.4 is 5.32 Å². The summed E-state index contributed by atoms with van der Waals surface area (Å²) in [6.07, 6.45) is 1.99. The number of carbonyl (C=O) groups is 1. The maximum atomic E-state index is 12.4. The molecule has 1 atom stereocenters. The molecule has 0 spiro atoms. The van der Waals surface area contributed by atoms with Crippen LogP contribution in [-0.2, 0) is 4.79 Å². The SMILES string of the molecule is Cc1ccc([C@H](C)NC(=O)C2CCN(CC(C)C)CC2)s1. The number of thiophene rings is 1. The van der Waals surface area contributed by atoms with Crippen molar-refractivity contribution in [3.05, 3.63) is 21.9 Å². The lowest BCUT2D eigenvalue weighted by Crippen LogP contribution is -2.42. The fourth-order valence-electron chi connectivity index (χ4n) is 2.98. The molecule has 0 bridgehead atoms. The van der Waals surface area contributed by atoms with Crippen LogP contribution in [0.25, 0.3) is 0 Å². The topological polar surface area (TPSA) is 32.3 Å². The van der Waals surface area contributed by atoms with Gasteiger partial charge in [-0.2, -0.15) is 0 Å². The zero-order chi connectivity index (χ0) is 15.4. The largest absolute Gasteiger partial charge is 0.349 e. The second-order valence-electron chi connectivity index (χ2n) is 6.65. The summed E-state index contributed by atoms with van der Waals surface area (Å²) in [6.45, 7) is 12.0. The van der Waals surface area contributed by atoms with E-state index in [1.54, 1.807) is 11.3 Å². The first-order valence-electron chi connectivity index (χ1n) is 8.04. The Balaban J connectivity index is 1.79. The second kappa shape index (κ2) is 7.41. The molecule has 3 nitrogen and oxygen atoms in total. The van der Waals surface area contributed by atoms with Crippen LogP contribution in [0.15, 0.2) is 12.1 Å². The highest BCUT2D eigenvalue weighted by atomic mass is 32.1. The molecule has 1 aliphatic heterocycles. The van der Waals surface area contributed by atoms with Crippen molar-refractivity contribution in [2.45, 2.75) is 46.6 Å². The summed E-state index contributed by atoms with van der Waals surface area (Å²) in [4.78, 5) is 17.4. The van der Waals surface area contributed by atoms with E-state index < -0.39 is 0 Å². The van der Waals surface area contributed by atoms with Gasteiger partial charge in [-0.15, -0.1) is 11.3 Å². The molecule has 21 heavy (non-hydrogen) atoms. The molecule has 1 N–H and O–H groups in total. The minimum absolute atomic E-state index is 0.130. The van der Waals surface area contributed by atoms with Crippen molar-refractivity contribution in [3.8, 4) is 0 Å². The van der Waals surface area contributed by atoms with Gasteiger partial charge in [0, 0.05) is 22.2 Å². The van der Waals surface area contributed by atoms with Gasteiger partial charge in [-0.05, 0) is 57.8 Å². The quantitative estimate of drug-likeness (QED) is 0.901. The number of aryl methyl sites for hydroxylation is 1. The summed E-state index contributed by atoms with van der Waals surface area (Å²) in [7, 11) is 0. The van der Waals surface area contributed by atoms with Crippen molar-refractivity contribution in [1.82, 2.24) is 10.2 Å². The normalized spacial score (nSPS) is 18.9. The molecule has 2 heterocycles. The van der Waals surface area contributed by atoms with Gasteiger partial charge in [-0.25, -0.2) is 0 Å². The molecular weight excluding hydrogens is 280 g/mol. The molecule has 1 amide bonds. The fourth-order valence-corrected chi connectivity index (χ4v) is 3.86. The number of piperidine rings is 1. The van der Waals surface area contributed by atoms with E-state index in [4.69, 9.17) is 0 Å². The maximum absolute atomic E-state index is 12.4. The van der Waals surface area contributed by atoms with Crippen LogP contribution in [0.5, 0.6) is 0 Å². The van der Waals surface area contributed by atoms with Gasteiger partial charge in [0.1, 0.15) is 0 Å². The first-order chi connectivity index (χ1) is 9.95. The average Bonchev–Trinajstić information content (AvgIpc) is 2.85. The molecule has 0 saturated carbocycles. The van der Waals surface area contributed by atoms with Crippen LogP contribution in [0.1, 0.15) is 49.4 Å². The molecule has 2 rings (SSSR count). The number of hydrogen-bond acceptors (Lipinski definition) is 3. The highest BCUT2D eigenvalue weighted by Gasteiger charge is 2.26. The van der Waals surface area contributed by atoms with Crippen molar-refractivity contribution in [3.63, 3.8) is 0 Å². The molecule has 0 aliphatic carbocycles. The lowest BCUT2D eigenvalue weighted by molar-refractivity contribution is -0.127. The Labute approximate surface area is 132 Å². The number of likely N-dealkylation sites (tertiary alicyclic amines) is 1. The standard InChI is InChI=1S/C17H28N2OS/c1-12(2)11-19-9-7-15(8-10-19)17(20)18-14(4)16-6-5-13(3)21-16/h5-6,12,14-15H,7-11H2,1-4H3,(H,18,20)/t14-/m0/s1. The van der Waals surface area contributed by atoms with Crippen LogP contribution in [0.4, 0.5) is 0 Å². The Kier molecular flexibility index (Phi) is 5.82. The molecular formula is C17H28N2OS. The van der Waals surface area contributed by atoms with Crippen molar-refractivity contribution < 1.29 is 4.79 Å². The highest BCUT2D eigenvalue weighted by Crippen LogP contribution is 2.24. The zero-order valence-corrected chi connectivity index (χ0v) is 14.5. The number of carbonyl (C=O) groups excluding carboxylic acids is 1. The molecule has 1 aromatic heterocycles. The molecule has 0 radical (unpaired) electrons. The van der Waals surface area contributed by atoms with E-state index in [1.807, 2.05) is 0 Å². The van der Waals surface area contributed by atoms with Gasteiger partial charge in [0.2, 0.25) is 5.91 Å². The zero-order valence-electron chi connectivity index (χ0n) is 13.7. The molecule has 1 aromatic rings. The number of nitrogens with zero attached hydrogens (tertiary/aromatic N) is 1. The number of hydrogen-bond donors (Lipinski definition) is 1. The summed E-state index contributed by atoms with van der Waals surface area (Å²) in [6, 6.07) is 4.37. The summed E-state index contributed by atoms with van der Waals surface area (Å²) in [5.41, 5.74) is 0. The van der Waals surface area contributed by atoms with Crippen molar-refractivity contribution in [2.24, 2.45) is 11.8 Å². The minimum Gasteiger partial charge on any atom is -0.349 e. The lowest BCUT2D eigenvalue weighted by atomic mass is 9.95. The molecule has 1 fully saturated rings. The number of rotatable bonds is 5. The third kappa shape index (κ3) is 4.82. The Hall–Kier alpha value is -0.870. The van der Waals surface area contributed by atoms with Crippen LogP contribution in [-0.4, -0.2) is 30.4 Å². The smallest absolute Gasteiger partial charge is 0.223 e. The third-order valence-corrected chi connectivity index (χ3v) is 5.31. The molecule has 118 valence electrons. The van der Waals surface area contributed by atoms with Gasteiger partial charge < -0.3 is 10.2 Å². The van der Waals surface area contributed by atoms with E-state index >= 15 is 0 Å². The molecule has 0 unspecified atom stereocenters. The first-order valence-corrected chi connectivity index (χ1v) is 8.86. The van der Waals surface area contributed by atoms with Crippen molar-refractivity contribution in [1.29, 1.82) is 0 Å². The summed E-state index contributed by atoms with van der Waals surface area (Å²) in [5, 5.41) is 3.19. The van der Waals surface area contributed by atoms with Crippen LogP contribution in [0, 0.1) is 18.8 Å². The first kappa shape index (κ1) is 16.5. The van der Waals surface area contributed by atoms with Crippen LogP contribution in [0.2, 0.25) is 0 Å². The van der Waals surface area contributed by atoms with E-state index in [9.17, 15) is 4.79 Å². The van der Waals surface area contributed by atoms with Gasteiger partial charge in [-0.3, -0.25) is 4.79 Å². The fraction of sp³-hybridized carbons (Fsp3) is 0.706. The van der Waals surface area contributed by atoms with E-state index in [1.165, 1.54) is 9.75 Å². The van der Waals surface area contributed by atoms with E-state index in [0.29, 0.717) is 5.92 Å². The lowest BCUT2D eigenvalue weighted by Gasteiger charge is -2.32. The number of nitrogens with one attached hydrogen (secondary N) is 1. The molecule has 4 heteroatoms. The predicted octanol–water partition coefficient (Wildman–Crippen LogP) is 3.60. The van der Waals surface area contributed by atoms with E-state index in [-0.39, 0.29) is 17.9 Å². The summed E-state index contributed by atoms with van der Waals surface area (Å²) >= 11 is 1.77. The Bertz CT molecular complexity index is 461. The van der Waals surface area contributed by atoms with E-state index in [0.717, 1.165) is 32.5 Å². The third-order valence-electron chi connectivity index (χ3n) is 4.13. The van der Waals surface area contributed by atoms with Crippen LogP contribution >= 0.6 is 11.3 Å². The van der Waals surface area contributed by atoms with Crippen molar-refractivity contribution >= 4 is 17.2 Å². The van der Waals surface area contributed by atoms with Gasteiger partial charge >= 0.3 is 0 Å². The molecule has 1 aliphatic rings. The average molecular weight is 308 g/mol. The number of amides is 1. The van der Waals surface area contributed by atoms with Gasteiger partial charge in [-0.1, -0.05) is 13.8 Å². The van der Waals surface area contributed by atoms with Gasteiger partial charge in [0.05, 0.1) is 6.04 Å². The van der Waals surface area contributed by atoms with Gasteiger partial charge in [0.15, 0.2) is 0 Å². The predicted molar refractivity (Wildman–Crippen MR) is 89.6 cm³/mol. The second-order valence-corrected chi connectivity index (χ2v) is 7.97. The minimum atomic E-state index is 0.130. The Morgan fingerprint density at radius 3 is 2.52 bits per heavy atom. The van der Waals surface area contributed by atoms with E-state index in [2.05, 4.69) is 50.0 Å². The monoisotopic (exact) mass is 308 g/mol. The maximum Gasteiger partial charge on any atom is 0.223 e. The Morgan fingerprint density at radius 2 is 2.00 bits per heavy atom. The van der Waals surface area contributed by atoms with Gasteiger partial charge in [0.25, 0.3) is 0 Å². The molecule has 1 saturated heterocycles. The summed E-state index contributed by atoms with van der Waals surface area (Å²) < 4.78 is 0.